The summed E-state index contributed by atoms with van der Waals surface area (Å²) in [6.07, 6.45) is 0.978. The Morgan fingerprint density at radius 3 is 2.80 bits per heavy atom. The highest BCUT2D eigenvalue weighted by molar-refractivity contribution is 6.31. The largest absolute Gasteiger partial charge is 0.380 e. The van der Waals surface area contributed by atoms with Crippen LogP contribution >= 0.6 is 23.2 Å². The third kappa shape index (κ3) is 2.66. The van der Waals surface area contributed by atoms with Gasteiger partial charge < -0.3 is 4.74 Å². The smallest absolute Gasteiger partial charge is 0.0633 e. The summed E-state index contributed by atoms with van der Waals surface area (Å²) in [4.78, 5) is 0. The van der Waals surface area contributed by atoms with Gasteiger partial charge in [0.25, 0.3) is 0 Å². The van der Waals surface area contributed by atoms with Crippen LogP contribution in [-0.4, -0.2) is 18.6 Å². The van der Waals surface area contributed by atoms with Gasteiger partial charge in [-0.2, -0.15) is 0 Å². The number of hydrogen-bond donors (Lipinski definition) is 0. The van der Waals surface area contributed by atoms with Crippen molar-refractivity contribution in [2.75, 3.05) is 13.2 Å². The van der Waals surface area contributed by atoms with Crippen molar-refractivity contribution in [3.8, 4) is 0 Å². The van der Waals surface area contributed by atoms with Crippen LogP contribution in [0.5, 0.6) is 0 Å². The monoisotopic (exact) mass is 244 g/mol. The van der Waals surface area contributed by atoms with E-state index in [0.29, 0.717) is 12.5 Å². The van der Waals surface area contributed by atoms with Crippen molar-refractivity contribution in [3.63, 3.8) is 0 Å². The summed E-state index contributed by atoms with van der Waals surface area (Å²) >= 11 is 12.1. The molecule has 0 spiro atoms. The molecule has 1 saturated heterocycles. The Balaban J connectivity index is 2.07. The van der Waals surface area contributed by atoms with Crippen molar-refractivity contribution in [1.29, 1.82) is 0 Å². The summed E-state index contributed by atoms with van der Waals surface area (Å²) in [7, 11) is 0. The Morgan fingerprint density at radius 1 is 1.40 bits per heavy atom. The van der Waals surface area contributed by atoms with E-state index in [1.165, 1.54) is 5.56 Å². The minimum absolute atomic E-state index is 0.154. The molecule has 3 heteroatoms. The molecule has 2 unspecified atom stereocenters. The molecule has 1 aliphatic heterocycles. The molecule has 0 bridgehead atoms. The fourth-order valence-electron chi connectivity index (χ4n) is 1.90. The standard InChI is InChI=1S/C12H14Cl2O/c1-8-4-9(2-3-11(8)13)5-10-6-15-7-12(10)14/h2-4,10,12H,5-7H2,1H3. The van der Waals surface area contributed by atoms with Crippen LogP contribution in [0.3, 0.4) is 0 Å². The topological polar surface area (TPSA) is 9.23 Å². The highest BCUT2D eigenvalue weighted by Gasteiger charge is 2.26. The second-order valence-corrected chi connectivity index (χ2v) is 5.07. The molecule has 15 heavy (non-hydrogen) atoms. The van der Waals surface area contributed by atoms with Crippen molar-refractivity contribution in [1.82, 2.24) is 0 Å². The minimum Gasteiger partial charge on any atom is -0.380 e. The van der Waals surface area contributed by atoms with Gasteiger partial charge in [-0.1, -0.05) is 23.7 Å². The molecular formula is C12H14Cl2O. The third-order valence-electron chi connectivity index (χ3n) is 2.84. The van der Waals surface area contributed by atoms with Gasteiger partial charge in [-0.3, -0.25) is 0 Å². The molecule has 1 fully saturated rings. The normalized spacial score (nSPS) is 25.8. The number of halogens is 2. The fraction of sp³-hybridized carbons (Fsp3) is 0.500. The number of hydrogen-bond acceptors (Lipinski definition) is 1. The van der Waals surface area contributed by atoms with Gasteiger partial charge in [-0.15, -0.1) is 11.6 Å². The zero-order chi connectivity index (χ0) is 10.8. The molecule has 0 aromatic heterocycles. The SMILES string of the molecule is Cc1cc(CC2COCC2Cl)ccc1Cl. The predicted molar refractivity (Wildman–Crippen MR) is 63.8 cm³/mol. The fourth-order valence-corrected chi connectivity index (χ4v) is 2.26. The van der Waals surface area contributed by atoms with E-state index in [9.17, 15) is 0 Å². The molecule has 1 aliphatic rings. The lowest BCUT2D eigenvalue weighted by molar-refractivity contribution is 0.186. The molecule has 0 saturated carbocycles. The molecule has 1 nitrogen and oxygen atoms in total. The number of rotatable bonds is 2. The lowest BCUT2D eigenvalue weighted by Crippen LogP contribution is -2.14. The van der Waals surface area contributed by atoms with Crippen molar-refractivity contribution < 1.29 is 4.74 Å². The number of ether oxygens (including phenoxy) is 1. The van der Waals surface area contributed by atoms with E-state index >= 15 is 0 Å². The van der Waals surface area contributed by atoms with E-state index in [-0.39, 0.29) is 5.38 Å². The van der Waals surface area contributed by atoms with E-state index in [1.54, 1.807) is 0 Å². The van der Waals surface area contributed by atoms with Crippen molar-refractivity contribution in [2.24, 2.45) is 5.92 Å². The van der Waals surface area contributed by atoms with E-state index in [1.807, 2.05) is 13.0 Å². The zero-order valence-corrected chi connectivity index (χ0v) is 10.2. The summed E-state index contributed by atoms with van der Waals surface area (Å²) in [5.74, 6) is 0.437. The third-order valence-corrected chi connectivity index (χ3v) is 3.75. The second-order valence-electron chi connectivity index (χ2n) is 4.10. The van der Waals surface area contributed by atoms with Crippen LogP contribution in [0.2, 0.25) is 5.02 Å². The Labute approximate surface area is 100 Å². The molecule has 1 aromatic carbocycles. The Bertz CT molecular complexity index is 351. The molecule has 82 valence electrons. The molecule has 0 radical (unpaired) electrons. The number of aryl methyl sites for hydroxylation is 1. The van der Waals surface area contributed by atoms with Gasteiger partial charge in [0.05, 0.1) is 18.6 Å². The van der Waals surface area contributed by atoms with Gasteiger partial charge >= 0.3 is 0 Å². The first kappa shape index (κ1) is 11.3. The van der Waals surface area contributed by atoms with Crippen LogP contribution in [0.1, 0.15) is 11.1 Å². The number of alkyl halides is 1. The first-order valence-corrected chi connectivity index (χ1v) is 5.95. The summed E-state index contributed by atoms with van der Waals surface area (Å²) in [6, 6.07) is 6.15. The van der Waals surface area contributed by atoms with E-state index in [4.69, 9.17) is 27.9 Å². The predicted octanol–water partition coefficient (Wildman–Crippen LogP) is 3.44. The van der Waals surface area contributed by atoms with Gasteiger partial charge in [0.1, 0.15) is 0 Å². The van der Waals surface area contributed by atoms with Crippen LogP contribution in [0.25, 0.3) is 0 Å². The maximum Gasteiger partial charge on any atom is 0.0633 e. The summed E-state index contributed by atoms with van der Waals surface area (Å²) in [6.45, 7) is 3.48. The highest BCUT2D eigenvalue weighted by Crippen LogP contribution is 2.25. The first-order chi connectivity index (χ1) is 7.16. The molecule has 0 N–H and O–H groups in total. The maximum atomic E-state index is 6.15. The van der Waals surface area contributed by atoms with Gasteiger partial charge in [0.15, 0.2) is 0 Å². The Morgan fingerprint density at radius 2 is 2.20 bits per heavy atom. The molecule has 2 rings (SSSR count). The Kier molecular flexibility index (Phi) is 3.55. The van der Waals surface area contributed by atoms with Crippen LogP contribution in [0.4, 0.5) is 0 Å². The van der Waals surface area contributed by atoms with Gasteiger partial charge in [0.2, 0.25) is 0 Å². The van der Waals surface area contributed by atoms with Gasteiger partial charge in [0, 0.05) is 10.9 Å². The van der Waals surface area contributed by atoms with E-state index < -0.39 is 0 Å². The highest BCUT2D eigenvalue weighted by atomic mass is 35.5. The summed E-state index contributed by atoms with van der Waals surface area (Å²) in [5.41, 5.74) is 2.41. The molecule has 2 atom stereocenters. The Hall–Kier alpha value is -0.240. The lowest BCUT2D eigenvalue weighted by Gasteiger charge is -2.12. The van der Waals surface area contributed by atoms with E-state index in [2.05, 4.69) is 12.1 Å². The van der Waals surface area contributed by atoms with Crippen molar-refractivity contribution in [2.45, 2.75) is 18.7 Å². The number of benzene rings is 1. The van der Waals surface area contributed by atoms with E-state index in [0.717, 1.165) is 23.6 Å². The average molecular weight is 245 g/mol. The molecule has 0 amide bonds. The van der Waals surface area contributed by atoms with Gasteiger partial charge in [-0.05, 0) is 30.5 Å². The van der Waals surface area contributed by atoms with Crippen LogP contribution in [0.15, 0.2) is 18.2 Å². The molecule has 0 aliphatic carbocycles. The second kappa shape index (κ2) is 4.73. The lowest BCUT2D eigenvalue weighted by atomic mass is 9.97. The van der Waals surface area contributed by atoms with Crippen molar-refractivity contribution >= 4 is 23.2 Å². The zero-order valence-electron chi connectivity index (χ0n) is 8.67. The maximum absolute atomic E-state index is 6.15. The van der Waals surface area contributed by atoms with Gasteiger partial charge in [-0.25, -0.2) is 0 Å². The summed E-state index contributed by atoms with van der Waals surface area (Å²) in [5, 5.41) is 0.977. The minimum atomic E-state index is 0.154. The molecule has 1 heterocycles. The first-order valence-electron chi connectivity index (χ1n) is 5.13. The quantitative estimate of drug-likeness (QED) is 0.725. The average Bonchev–Trinajstić information content (AvgIpc) is 2.59. The molecular weight excluding hydrogens is 231 g/mol. The van der Waals surface area contributed by atoms with Crippen molar-refractivity contribution in [3.05, 3.63) is 34.3 Å². The van der Waals surface area contributed by atoms with Crippen LogP contribution < -0.4 is 0 Å². The van der Waals surface area contributed by atoms with Crippen LogP contribution in [0, 0.1) is 12.8 Å². The molecule has 1 aromatic rings. The van der Waals surface area contributed by atoms with Crippen LogP contribution in [-0.2, 0) is 11.2 Å². The summed E-state index contributed by atoms with van der Waals surface area (Å²) < 4.78 is 5.34.